The molecule has 1 fully saturated rings. The van der Waals surface area contributed by atoms with Gasteiger partial charge in [0.2, 0.25) is 5.91 Å². The molecular formula is C16H27Cl2N3O. The summed E-state index contributed by atoms with van der Waals surface area (Å²) < 4.78 is 0. The summed E-state index contributed by atoms with van der Waals surface area (Å²) in [7, 11) is 1.88. The molecule has 0 aliphatic carbocycles. The summed E-state index contributed by atoms with van der Waals surface area (Å²) >= 11 is 0. The van der Waals surface area contributed by atoms with Crippen LogP contribution in [0.4, 0.5) is 0 Å². The van der Waals surface area contributed by atoms with Crippen LogP contribution in [-0.2, 0) is 11.3 Å². The number of carbonyl (C=O) groups excluding carboxylic acids is 1. The molecule has 6 heteroatoms. The average molecular weight is 348 g/mol. The summed E-state index contributed by atoms with van der Waals surface area (Å²) in [6.45, 7) is 6.65. The third-order valence-corrected chi connectivity index (χ3v) is 3.87. The quantitative estimate of drug-likeness (QED) is 0.886. The molecule has 1 aliphatic rings. The van der Waals surface area contributed by atoms with Crippen molar-refractivity contribution in [3.8, 4) is 0 Å². The van der Waals surface area contributed by atoms with Gasteiger partial charge in [-0.2, -0.15) is 0 Å². The van der Waals surface area contributed by atoms with E-state index in [1.807, 2.05) is 18.0 Å². The van der Waals surface area contributed by atoms with E-state index < -0.39 is 0 Å². The molecule has 1 aliphatic heterocycles. The number of hydrogen-bond donors (Lipinski definition) is 1. The highest BCUT2D eigenvalue weighted by atomic mass is 35.5. The van der Waals surface area contributed by atoms with E-state index in [1.165, 1.54) is 5.56 Å². The smallest absolute Gasteiger partial charge is 0.224 e. The van der Waals surface area contributed by atoms with E-state index in [0.29, 0.717) is 12.5 Å². The van der Waals surface area contributed by atoms with Gasteiger partial charge in [-0.15, -0.1) is 24.8 Å². The predicted molar refractivity (Wildman–Crippen MR) is 95.9 cm³/mol. The van der Waals surface area contributed by atoms with Gasteiger partial charge in [0, 0.05) is 45.2 Å². The summed E-state index contributed by atoms with van der Waals surface area (Å²) in [6.07, 6.45) is 0.597. The molecular weight excluding hydrogens is 321 g/mol. The molecule has 1 heterocycles. The number of nitrogens with one attached hydrogen (secondary N) is 1. The number of carbonyl (C=O) groups is 1. The normalized spacial score (nSPS) is 18.3. The monoisotopic (exact) mass is 347 g/mol. The highest BCUT2D eigenvalue weighted by Gasteiger charge is 2.26. The Hall–Kier alpha value is -0.810. The van der Waals surface area contributed by atoms with Gasteiger partial charge in [-0.3, -0.25) is 9.69 Å². The molecule has 1 aromatic rings. The third kappa shape index (κ3) is 6.13. The Morgan fingerprint density at radius 2 is 1.91 bits per heavy atom. The van der Waals surface area contributed by atoms with Crippen molar-refractivity contribution in [2.45, 2.75) is 25.9 Å². The lowest BCUT2D eigenvalue weighted by Crippen LogP contribution is -2.53. The van der Waals surface area contributed by atoms with E-state index in [9.17, 15) is 4.79 Å². The van der Waals surface area contributed by atoms with Gasteiger partial charge in [0.15, 0.2) is 0 Å². The number of halogens is 2. The minimum Gasteiger partial charge on any atom is -0.337 e. The van der Waals surface area contributed by atoms with Crippen LogP contribution in [0.5, 0.6) is 0 Å². The number of amides is 1. The van der Waals surface area contributed by atoms with Crippen LogP contribution in [-0.4, -0.2) is 55.0 Å². The fourth-order valence-corrected chi connectivity index (χ4v) is 2.76. The fraction of sp³-hybridized carbons (Fsp3) is 0.562. The van der Waals surface area contributed by atoms with E-state index >= 15 is 0 Å². The molecule has 2 rings (SSSR count). The van der Waals surface area contributed by atoms with Gasteiger partial charge in [-0.1, -0.05) is 30.3 Å². The van der Waals surface area contributed by atoms with Crippen molar-refractivity contribution in [2.75, 3.05) is 33.2 Å². The predicted octanol–water partition coefficient (Wildman–Crippen LogP) is 2.17. The SMILES string of the molecule is CNCCC(=O)N1CCN(Cc2ccccc2)C[C@H]1C.Cl.Cl. The molecule has 0 unspecified atom stereocenters. The van der Waals surface area contributed by atoms with Crippen molar-refractivity contribution in [2.24, 2.45) is 0 Å². The summed E-state index contributed by atoms with van der Waals surface area (Å²) in [5.41, 5.74) is 1.34. The van der Waals surface area contributed by atoms with Crippen LogP contribution < -0.4 is 5.32 Å². The molecule has 4 nitrogen and oxygen atoms in total. The topological polar surface area (TPSA) is 35.6 Å². The minimum absolute atomic E-state index is 0. The first-order valence-electron chi connectivity index (χ1n) is 7.41. The molecule has 1 aromatic carbocycles. The van der Waals surface area contributed by atoms with Crippen LogP contribution in [0.3, 0.4) is 0 Å². The van der Waals surface area contributed by atoms with Gasteiger partial charge >= 0.3 is 0 Å². The Bertz CT molecular complexity index is 431. The molecule has 1 amide bonds. The fourth-order valence-electron chi connectivity index (χ4n) is 2.76. The Morgan fingerprint density at radius 1 is 1.23 bits per heavy atom. The lowest BCUT2D eigenvalue weighted by Gasteiger charge is -2.40. The highest BCUT2D eigenvalue weighted by Crippen LogP contribution is 2.13. The third-order valence-electron chi connectivity index (χ3n) is 3.87. The molecule has 1 N–H and O–H groups in total. The molecule has 0 radical (unpaired) electrons. The summed E-state index contributed by atoms with van der Waals surface area (Å²) in [6, 6.07) is 10.8. The van der Waals surface area contributed by atoms with Gasteiger partial charge in [-0.05, 0) is 19.5 Å². The van der Waals surface area contributed by atoms with Crippen molar-refractivity contribution < 1.29 is 4.79 Å². The van der Waals surface area contributed by atoms with Crippen molar-refractivity contribution in [3.63, 3.8) is 0 Å². The largest absolute Gasteiger partial charge is 0.337 e. The number of piperazine rings is 1. The molecule has 0 saturated carbocycles. The Morgan fingerprint density at radius 3 is 2.50 bits per heavy atom. The first-order chi connectivity index (χ1) is 9.70. The van der Waals surface area contributed by atoms with Crippen molar-refractivity contribution in [1.29, 1.82) is 0 Å². The van der Waals surface area contributed by atoms with Crippen LogP contribution >= 0.6 is 24.8 Å². The van der Waals surface area contributed by atoms with E-state index in [0.717, 1.165) is 32.7 Å². The van der Waals surface area contributed by atoms with Gasteiger partial charge < -0.3 is 10.2 Å². The Balaban J connectivity index is 0.00000220. The summed E-state index contributed by atoms with van der Waals surface area (Å²) in [5.74, 6) is 0.270. The van der Waals surface area contributed by atoms with E-state index in [4.69, 9.17) is 0 Å². The minimum atomic E-state index is 0. The zero-order chi connectivity index (χ0) is 14.4. The number of nitrogens with zero attached hydrogens (tertiary/aromatic N) is 2. The van der Waals surface area contributed by atoms with Gasteiger partial charge in [-0.25, -0.2) is 0 Å². The summed E-state index contributed by atoms with van der Waals surface area (Å²) in [5, 5.41) is 3.04. The summed E-state index contributed by atoms with van der Waals surface area (Å²) in [4.78, 5) is 16.6. The van der Waals surface area contributed by atoms with Crippen molar-refractivity contribution >= 4 is 30.7 Å². The van der Waals surface area contributed by atoms with Crippen LogP contribution in [0.15, 0.2) is 30.3 Å². The van der Waals surface area contributed by atoms with Gasteiger partial charge in [0.25, 0.3) is 0 Å². The van der Waals surface area contributed by atoms with Gasteiger partial charge in [0.05, 0.1) is 0 Å². The maximum Gasteiger partial charge on any atom is 0.224 e. The standard InChI is InChI=1S/C16H25N3O.2ClH/c1-14-12-18(13-15-6-4-3-5-7-15)10-11-19(14)16(20)8-9-17-2;;/h3-7,14,17H,8-13H2,1-2H3;2*1H/t14-;;/m1../s1. The van der Waals surface area contributed by atoms with Crippen LogP contribution in [0.2, 0.25) is 0 Å². The van der Waals surface area contributed by atoms with E-state index in [2.05, 4.69) is 41.4 Å². The van der Waals surface area contributed by atoms with Crippen LogP contribution in [0, 0.1) is 0 Å². The van der Waals surface area contributed by atoms with Crippen LogP contribution in [0.1, 0.15) is 18.9 Å². The number of rotatable bonds is 5. The van der Waals surface area contributed by atoms with Crippen LogP contribution in [0.25, 0.3) is 0 Å². The molecule has 0 spiro atoms. The lowest BCUT2D eigenvalue weighted by atomic mass is 10.1. The first-order valence-corrected chi connectivity index (χ1v) is 7.41. The second-order valence-corrected chi connectivity index (χ2v) is 5.51. The molecule has 1 saturated heterocycles. The zero-order valence-corrected chi connectivity index (χ0v) is 15.0. The molecule has 22 heavy (non-hydrogen) atoms. The lowest BCUT2D eigenvalue weighted by molar-refractivity contribution is -0.135. The molecule has 126 valence electrons. The molecule has 0 aromatic heterocycles. The van der Waals surface area contributed by atoms with Crippen molar-refractivity contribution in [1.82, 2.24) is 15.1 Å². The zero-order valence-electron chi connectivity index (χ0n) is 13.3. The Kier molecular flexibility index (Phi) is 10.4. The average Bonchev–Trinajstić information content (AvgIpc) is 2.46. The molecule has 1 atom stereocenters. The second-order valence-electron chi connectivity index (χ2n) is 5.51. The van der Waals surface area contributed by atoms with E-state index in [1.54, 1.807) is 0 Å². The van der Waals surface area contributed by atoms with E-state index in [-0.39, 0.29) is 30.7 Å². The maximum absolute atomic E-state index is 12.1. The first kappa shape index (κ1) is 21.2. The van der Waals surface area contributed by atoms with Crippen molar-refractivity contribution in [3.05, 3.63) is 35.9 Å². The number of benzene rings is 1. The molecule has 0 bridgehead atoms. The highest BCUT2D eigenvalue weighted by molar-refractivity contribution is 5.85. The second kappa shape index (κ2) is 10.8. The number of hydrogen-bond acceptors (Lipinski definition) is 3. The Labute approximate surface area is 146 Å². The maximum atomic E-state index is 12.1. The van der Waals surface area contributed by atoms with Gasteiger partial charge in [0.1, 0.15) is 0 Å².